The number of carbonyl (C=O) groups is 1. The van der Waals surface area contributed by atoms with E-state index in [4.69, 9.17) is 5.73 Å². The summed E-state index contributed by atoms with van der Waals surface area (Å²) in [5.74, 6) is 0.183. The molecule has 0 amide bonds. The molecule has 5 nitrogen and oxygen atoms in total. The molecule has 0 aromatic carbocycles. The Kier molecular flexibility index (Phi) is 1.44. The Morgan fingerprint density at radius 1 is 1.67 bits per heavy atom. The Balaban J connectivity index is 2.80. The highest BCUT2D eigenvalue weighted by Crippen LogP contribution is 2.01. The van der Waals surface area contributed by atoms with E-state index in [1.807, 2.05) is 0 Å². The van der Waals surface area contributed by atoms with Crippen LogP contribution < -0.4 is 5.73 Å². The minimum atomic E-state index is 0.162. The van der Waals surface area contributed by atoms with Gasteiger partial charge in [-0.3, -0.25) is 0 Å². The van der Waals surface area contributed by atoms with Crippen LogP contribution in [0.15, 0.2) is 4.63 Å². The van der Waals surface area contributed by atoms with Gasteiger partial charge in [0.25, 0.3) is 0 Å². The van der Waals surface area contributed by atoms with Crippen molar-refractivity contribution in [3.05, 3.63) is 5.69 Å². The quantitative estimate of drug-likeness (QED) is 0.536. The van der Waals surface area contributed by atoms with Gasteiger partial charge in [-0.15, -0.1) is 0 Å². The second-order valence-corrected chi connectivity index (χ2v) is 1.47. The number of rotatable bonds is 2. The zero-order chi connectivity index (χ0) is 6.69. The maximum atomic E-state index is 9.86. The van der Waals surface area contributed by atoms with E-state index in [1.54, 1.807) is 0 Å². The van der Waals surface area contributed by atoms with Crippen molar-refractivity contribution < 1.29 is 9.42 Å². The molecule has 1 rings (SSSR count). The van der Waals surface area contributed by atoms with Crippen molar-refractivity contribution in [3.63, 3.8) is 0 Å². The van der Waals surface area contributed by atoms with E-state index >= 15 is 0 Å². The summed E-state index contributed by atoms with van der Waals surface area (Å²) >= 11 is 0. The van der Waals surface area contributed by atoms with Crippen molar-refractivity contribution in [1.29, 1.82) is 0 Å². The molecule has 0 aliphatic rings. The third-order valence-electron chi connectivity index (χ3n) is 0.863. The number of nitrogen functional groups attached to an aromatic ring is 1. The lowest BCUT2D eigenvalue weighted by Crippen LogP contribution is -1.93. The summed E-state index contributed by atoms with van der Waals surface area (Å²) in [7, 11) is 0. The van der Waals surface area contributed by atoms with Crippen molar-refractivity contribution in [2.75, 3.05) is 5.73 Å². The van der Waals surface area contributed by atoms with Gasteiger partial charge in [-0.2, -0.15) is 0 Å². The van der Waals surface area contributed by atoms with Gasteiger partial charge >= 0.3 is 0 Å². The van der Waals surface area contributed by atoms with Crippen LogP contribution in [0.25, 0.3) is 0 Å². The molecule has 0 saturated carbocycles. The molecule has 0 unspecified atom stereocenters. The van der Waals surface area contributed by atoms with Gasteiger partial charge < -0.3 is 10.5 Å². The molecule has 0 aliphatic carbocycles. The average molecular weight is 127 g/mol. The number of anilines is 1. The zero-order valence-electron chi connectivity index (χ0n) is 4.57. The Hall–Kier alpha value is -1.39. The van der Waals surface area contributed by atoms with Crippen molar-refractivity contribution >= 4 is 12.1 Å². The molecule has 9 heavy (non-hydrogen) atoms. The van der Waals surface area contributed by atoms with Gasteiger partial charge in [-0.25, -0.2) is 4.63 Å². The Morgan fingerprint density at radius 2 is 2.44 bits per heavy atom. The molecular formula is C4H5N3O2. The topological polar surface area (TPSA) is 82.0 Å². The monoisotopic (exact) mass is 127 g/mol. The van der Waals surface area contributed by atoms with Crippen LogP contribution in [0.1, 0.15) is 5.69 Å². The van der Waals surface area contributed by atoms with Gasteiger partial charge in [0.2, 0.25) is 0 Å². The first kappa shape index (κ1) is 5.74. The molecule has 0 aliphatic heterocycles. The second kappa shape index (κ2) is 2.25. The summed E-state index contributed by atoms with van der Waals surface area (Å²) in [5.41, 5.74) is 5.59. The minimum absolute atomic E-state index is 0.162. The van der Waals surface area contributed by atoms with Gasteiger partial charge in [0, 0.05) is 0 Å². The number of nitrogens with two attached hydrogens (primary N) is 1. The molecule has 48 valence electrons. The van der Waals surface area contributed by atoms with Crippen molar-refractivity contribution in [3.8, 4) is 0 Å². The Bertz CT molecular complexity index is 207. The van der Waals surface area contributed by atoms with Crippen molar-refractivity contribution in [2.24, 2.45) is 0 Å². The number of carbonyl (C=O) groups excluding carboxylic acids is 1. The van der Waals surface area contributed by atoms with Crippen LogP contribution in [0.3, 0.4) is 0 Å². The molecule has 2 N–H and O–H groups in total. The van der Waals surface area contributed by atoms with Crippen LogP contribution in [0.4, 0.5) is 5.82 Å². The first-order chi connectivity index (χ1) is 4.34. The number of hydrogen-bond acceptors (Lipinski definition) is 5. The van der Waals surface area contributed by atoms with E-state index in [2.05, 4.69) is 14.9 Å². The SMILES string of the molecule is Nc1nonc1CC=O. The van der Waals surface area contributed by atoms with E-state index in [-0.39, 0.29) is 12.2 Å². The third-order valence-corrected chi connectivity index (χ3v) is 0.863. The Morgan fingerprint density at radius 3 is 2.89 bits per heavy atom. The van der Waals surface area contributed by atoms with Crippen LogP contribution in [0.2, 0.25) is 0 Å². The van der Waals surface area contributed by atoms with Gasteiger partial charge in [0.15, 0.2) is 5.82 Å². The van der Waals surface area contributed by atoms with Crippen LogP contribution in [-0.4, -0.2) is 16.6 Å². The van der Waals surface area contributed by atoms with E-state index < -0.39 is 0 Å². The summed E-state index contributed by atoms with van der Waals surface area (Å²) in [5, 5.41) is 6.63. The molecule has 0 radical (unpaired) electrons. The summed E-state index contributed by atoms with van der Waals surface area (Å²) < 4.78 is 4.21. The minimum Gasteiger partial charge on any atom is -0.379 e. The van der Waals surface area contributed by atoms with Crippen LogP contribution in [-0.2, 0) is 11.2 Å². The summed E-state index contributed by atoms with van der Waals surface area (Å²) in [6, 6.07) is 0. The highest BCUT2D eigenvalue weighted by Gasteiger charge is 2.02. The average Bonchev–Trinajstić information content (AvgIpc) is 2.18. The number of aldehydes is 1. The molecule has 0 spiro atoms. The fraction of sp³-hybridized carbons (Fsp3) is 0.250. The number of nitrogens with zero attached hydrogens (tertiary/aromatic N) is 2. The predicted octanol–water partition coefficient (Wildman–Crippen LogP) is -0.607. The first-order valence-electron chi connectivity index (χ1n) is 2.35. The number of hydrogen-bond donors (Lipinski definition) is 1. The summed E-state index contributed by atoms with van der Waals surface area (Å²) in [6.07, 6.45) is 0.852. The van der Waals surface area contributed by atoms with Gasteiger partial charge in [-0.1, -0.05) is 5.16 Å². The maximum absolute atomic E-state index is 9.86. The lowest BCUT2D eigenvalue weighted by Gasteiger charge is -1.80. The van der Waals surface area contributed by atoms with E-state index in [0.717, 1.165) is 0 Å². The van der Waals surface area contributed by atoms with E-state index in [9.17, 15) is 4.79 Å². The molecule has 0 bridgehead atoms. The second-order valence-electron chi connectivity index (χ2n) is 1.47. The van der Waals surface area contributed by atoms with Crippen LogP contribution in [0, 0.1) is 0 Å². The van der Waals surface area contributed by atoms with Gasteiger partial charge in [-0.05, 0) is 5.16 Å². The van der Waals surface area contributed by atoms with Crippen molar-refractivity contribution in [1.82, 2.24) is 10.3 Å². The number of aromatic nitrogens is 2. The lowest BCUT2D eigenvalue weighted by atomic mass is 10.3. The fourth-order valence-electron chi connectivity index (χ4n) is 0.434. The lowest BCUT2D eigenvalue weighted by molar-refractivity contribution is -0.107. The molecule has 0 saturated heterocycles. The van der Waals surface area contributed by atoms with Gasteiger partial charge in [0.1, 0.15) is 12.0 Å². The zero-order valence-corrected chi connectivity index (χ0v) is 4.57. The highest BCUT2D eigenvalue weighted by molar-refractivity contribution is 5.56. The smallest absolute Gasteiger partial charge is 0.191 e. The molecule has 1 aromatic heterocycles. The van der Waals surface area contributed by atoms with Crippen LogP contribution in [0.5, 0.6) is 0 Å². The molecule has 0 atom stereocenters. The van der Waals surface area contributed by atoms with E-state index in [0.29, 0.717) is 12.0 Å². The fourth-order valence-corrected chi connectivity index (χ4v) is 0.434. The maximum Gasteiger partial charge on any atom is 0.191 e. The highest BCUT2D eigenvalue weighted by atomic mass is 16.6. The third kappa shape index (κ3) is 1.04. The molecular weight excluding hydrogens is 122 g/mol. The molecule has 1 aromatic rings. The molecule has 0 fully saturated rings. The van der Waals surface area contributed by atoms with Crippen molar-refractivity contribution in [2.45, 2.75) is 6.42 Å². The molecule has 1 heterocycles. The Labute approximate surface area is 50.8 Å². The molecule has 5 heteroatoms. The normalized spacial score (nSPS) is 9.33. The summed E-state index contributed by atoms with van der Waals surface area (Å²) in [6.45, 7) is 0. The largest absolute Gasteiger partial charge is 0.379 e. The van der Waals surface area contributed by atoms with Crippen LogP contribution >= 0.6 is 0 Å². The summed E-state index contributed by atoms with van der Waals surface area (Å²) in [4.78, 5) is 9.86. The first-order valence-corrected chi connectivity index (χ1v) is 2.35. The van der Waals surface area contributed by atoms with Gasteiger partial charge in [0.05, 0.1) is 6.42 Å². The standard InChI is InChI=1S/C4H5N3O2/c5-4-3(1-2-8)6-9-7-4/h2H,1H2,(H2,5,7). The predicted molar refractivity (Wildman–Crippen MR) is 28.5 cm³/mol. The van der Waals surface area contributed by atoms with E-state index in [1.165, 1.54) is 0 Å².